The number of hydrogen-bond acceptors (Lipinski definition) is 6. The molecule has 3 aromatic rings. The van der Waals surface area contributed by atoms with Gasteiger partial charge < -0.3 is 5.32 Å². The van der Waals surface area contributed by atoms with Crippen LogP contribution >= 0.6 is 23.1 Å². The van der Waals surface area contributed by atoms with Gasteiger partial charge in [0.2, 0.25) is 5.91 Å². The molecule has 8 heteroatoms. The number of amides is 1. The Hall–Kier alpha value is -2.45. The molecule has 3 rings (SSSR count). The van der Waals surface area contributed by atoms with Crippen LogP contribution in [0.3, 0.4) is 0 Å². The number of rotatable bonds is 5. The summed E-state index contributed by atoms with van der Waals surface area (Å²) < 4.78 is 1.04. The van der Waals surface area contributed by atoms with Gasteiger partial charge in [0.1, 0.15) is 0 Å². The molecule has 1 heterocycles. The third kappa shape index (κ3) is 3.72. The van der Waals surface area contributed by atoms with Crippen LogP contribution in [-0.4, -0.2) is 21.6 Å². The van der Waals surface area contributed by atoms with Crippen molar-refractivity contribution in [1.29, 1.82) is 0 Å². The van der Waals surface area contributed by atoms with Crippen molar-refractivity contribution in [2.45, 2.75) is 11.8 Å². The third-order valence-corrected chi connectivity index (χ3v) is 5.23. The molecule has 1 N–H and O–H groups in total. The lowest BCUT2D eigenvalue weighted by Crippen LogP contribution is -2.13. The van der Waals surface area contributed by atoms with Gasteiger partial charge in [0, 0.05) is 17.0 Å². The largest absolute Gasteiger partial charge is 0.301 e. The zero-order valence-corrected chi connectivity index (χ0v) is 14.3. The zero-order valence-electron chi connectivity index (χ0n) is 12.7. The molecule has 1 amide bonds. The Labute approximate surface area is 146 Å². The Balaban J connectivity index is 1.60. The molecular formula is C16H13N3O3S2. The molecule has 0 radical (unpaired) electrons. The number of fused-ring (bicyclic) bond motifs is 1. The number of carbonyl (C=O) groups is 1. The van der Waals surface area contributed by atoms with E-state index in [0.717, 1.165) is 20.7 Å². The first-order chi connectivity index (χ1) is 11.5. The number of thiazole rings is 1. The van der Waals surface area contributed by atoms with E-state index in [0.29, 0.717) is 5.13 Å². The van der Waals surface area contributed by atoms with Crippen molar-refractivity contribution in [2.75, 3.05) is 11.1 Å². The molecule has 0 saturated heterocycles. The molecule has 6 nitrogen and oxygen atoms in total. The van der Waals surface area contributed by atoms with Crippen molar-refractivity contribution >= 4 is 50.0 Å². The molecule has 0 spiro atoms. The number of benzene rings is 2. The molecule has 24 heavy (non-hydrogen) atoms. The van der Waals surface area contributed by atoms with Crippen LogP contribution < -0.4 is 5.32 Å². The first kappa shape index (κ1) is 16.4. The van der Waals surface area contributed by atoms with E-state index in [9.17, 15) is 14.9 Å². The first-order valence-corrected chi connectivity index (χ1v) is 8.86. The van der Waals surface area contributed by atoms with Crippen molar-refractivity contribution in [1.82, 2.24) is 4.98 Å². The maximum absolute atomic E-state index is 12.0. The van der Waals surface area contributed by atoms with Gasteiger partial charge in [0.25, 0.3) is 5.69 Å². The number of aryl methyl sites for hydroxylation is 1. The van der Waals surface area contributed by atoms with Crippen LogP contribution in [0, 0.1) is 17.0 Å². The molecule has 0 aliphatic heterocycles. The van der Waals surface area contributed by atoms with E-state index < -0.39 is 4.92 Å². The Kier molecular flexibility index (Phi) is 4.77. The fraction of sp³-hybridized carbons (Fsp3) is 0.125. The number of carbonyl (C=O) groups excluding carboxylic acids is 1. The average Bonchev–Trinajstić information content (AvgIpc) is 2.97. The van der Waals surface area contributed by atoms with Crippen LogP contribution in [-0.2, 0) is 4.79 Å². The molecule has 1 aromatic heterocycles. The lowest BCUT2D eigenvalue weighted by molar-refractivity contribution is -0.384. The van der Waals surface area contributed by atoms with Crippen molar-refractivity contribution in [3.8, 4) is 0 Å². The highest BCUT2D eigenvalue weighted by molar-refractivity contribution is 8.00. The summed E-state index contributed by atoms with van der Waals surface area (Å²) in [7, 11) is 0. The zero-order chi connectivity index (χ0) is 17.1. The highest BCUT2D eigenvalue weighted by Gasteiger charge is 2.10. The SMILES string of the molecule is Cc1cccc2sc(NC(=O)CSc3ccc([N+](=O)[O-])cc3)nc12. The number of nitrogens with one attached hydrogen (secondary N) is 1. The number of nitrogens with zero attached hydrogens (tertiary/aromatic N) is 2. The van der Waals surface area contributed by atoms with Gasteiger partial charge in [0.15, 0.2) is 5.13 Å². The molecule has 0 saturated carbocycles. The fourth-order valence-electron chi connectivity index (χ4n) is 2.11. The number of non-ortho nitro benzene ring substituents is 1. The lowest BCUT2D eigenvalue weighted by atomic mass is 10.2. The number of nitro benzene ring substituents is 1. The second-order valence-electron chi connectivity index (χ2n) is 5.03. The van der Waals surface area contributed by atoms with E-state index in [1.54, 1.807) is 12.1 Å². The van der Waals surface area contributed by atoms with Gasteiger partial charge in [-0.1, -0.05) is 23.5 Å². The summed E-state index contributed by atoms with van der Waals surface area (Å²) >= 11 is 2.76. The van der Waals surface area contributed by atoms with Crippen molar-refractivity contribution < 1.29 is 9.72 Å². The van der Waals surface area contributed by atoms with Gasteiger partial charge in [0.05, 0.1) is 20.9 Å². The molecular weight excluding hydrogens is 346 g/mol. The summed E-state index contributed by atoms with van der Waals surface area (Å²) in [4.78, 5) is 27.5. The van der Waals surface area contributed by atoms with E-state index >= 15 is 0 Å². The van der Waals surface area contributed by atoms with Gasteiger partial charge >= 0.3 is 0 Å². The van der Waals surface area contributed by atoms with Crippen LogP contribution in [0.2, 0.25) is 0 Å². The van der Waals surface area contributed by atoms with Gasteiger partial charge in [-0.3, -0.25) is 14.9 Å². The van der Waals surface area contributed by atoms with Crippen molar-refractivity contribution in [3.63, 3.8) is 0 Å². The predicted octanol–water partition coefficient (Wildman–Crippen LogP) is 4.24. The standard InChI is InChI=1S/C16H13N3O3S2/c1-10-3-2-4-13-15(10)18-16(24-13)17-14(20)9-23-12-7-5-11(6-8-12)19(21)22/h2-8H,9H2,1H3,(H,17,18,20). The van der Waals surface area contributed by atoms with E-state index in [1.165, 1.54) is 35.2 Å². The number of thioether (sulfide) groups is 1. The van der Waals surface area contributed by atoms with Crippen LogP contribution in [0.5, 0.6) is 0 Å². The van der Waals surface area contributed by atoms with Crippen LogP contribution in [0.15, 0.2) is 47.4 Å². The van der Waals surface area contributed by atoms with Crippen molar-refractivity contribution in [3.05, 3.63) is 58.1 Å². The minimum atomic E-state index is -0.448. The van der Waals surface area contributed by atoms with Gasteiger partial charge in [-0.05, 0) is 30.7 Å². The topological polar surface area (TPSA) is 85.1 Å². The molecule has 2 aromatic carbocycles. The summed E-state index contributed by atoms with van der Waals surface area (Å²) in [5, 5.41) is 14.0. The van der Waals surface area contributed by atoms with E-state index in [4.69, 9.17) is 0 Å². The number of aromatic nitrogens is 1. The second-order valence-corrected chi connectivity index (χ2v) is 7.11. The van der Waals surface area contributed by atoms with Gasteiger partial charge in [-0.2, -0.15) is 0 Å². The molecule has 0 bridgehead atoms. The van der Waals surface area contributed by atoms with Gasteiger partial charge in [-0.15, -0.1) is 11.8 Å². The number of anilines is 1. The van der Waals surface area contributed by atoms with E-state index in [-0.39, 0.29) is 17.3 Å². The summed E-state index contributed by atoms with van der Waals surface area (Å²) in [5.74, 6) is 0.0576. The Bertz CT molecular complexity index is 907. The van der Waals surface area contributed by atoms with E-state index in [2.05, 4.69) is 10.3 Å². The van der Waals surface area contributed by atoms with Crippen molar-refractivity contribution in [2.24, 2.45) is 0 Å². The summed E-state index contributed by atoms with van der Waals surface area (Å²) in [6.07, 6.45) is 0. The average molecular weight is 359 g/mol. The summed E-state index contributed by atoms with van der Waals surface area (Å²) in [5.41, 5.74) is 2.01. The third-order valence-electron chi connectivity index (χ3n) is 3.28. The molecule has 0 fully saturated rings. The second kappa shape index (κ2) is 6.98. The Morgan fingerprint density at radius 1 is 1.29 bits per heavy atom. The highest BCUT2D eigenvalue weighted by Crippen LogP contribution is 2.28. The summed E-state index contributed by atoms with van der Waals surface area (Å²) in [6, 6.07) is 12.0. The van der Waals surface area contributed by atoms with Gasteiger partial charge in [-0.25, -0.2) is 4.98 Å². The summed E-state index contributed by atoms with van der Waals surface area (Å²) in [6.45, 7) is 1.98. The minimum Gasteiger partial charge on any atom is -0.301 e. The first-order valence-electron chi connectivity index (χ1n) is 7.06. The normalized spacial score (nSPS) is 10.7. The Morgan fingerprint density at radius 2 is 2.04 bits per heavy atom. The smallest absolute Gasteiger partial charge is 0.269 e. The maximum atomic E-state index is 12.0. The molecule has 0 atom stereocenters. The van der Waals surface area contributed by atoms with Crippen LogP contribution in [0.25, 0.3) is 10.2 Å². The van der Waals surface area contributed by atoms with Crippen LogP contribution in [0.1, 0.15) is 5.56 Å². The molecule has 0 unspecified atom stereocenters. The van der Waals surface area contributed by atoms with Crippen LogP contribution in [0.4, 0.5) is 10.8 Å². The highest BCUT2D eigenvalue weighted by atomic mass is 32.2. The Morgan fingerprint density at radius 3 is 2.71 bits per heavy atom. The fourth-order valence-corrected chi connectivity index (χ4v) is 3.77. The molecule has 122 valence electrons. The molecule has 0 aliphatic rings. The number of hydrogen-bond donors (Lipinski definition) is 1. The molecule has 0 aliphatic carbocycles. The lowest BCUT2D eigenvalue weighted by Gasteiger charge is -2.02. The van der Waals surface area contributed by atoms with E-state index in [1.807, 2.05) is 25.1 Å². The quantitative estimate of drug-likeness (QED) is 0.418. The predicted molar refractivity (Wildman–Crippen MR) is 96.8 cm³/mol. The number of nitro groups is 1. The maximum Gasteiger partial charge on any atom is 0.269 e. The number of para-hydroxylation sites is 1. The minimum absolute atomic E-state index is 0.0358. The monoisotopic (exact) mass is 359 g/mol.